The first-order chi connectivity index (χ1) is 11.2. The van der Waals surface area contributed by atoms with Crippen LogP contribution in [0.2, 0.25) is 0 Å². The van der Waals surface area contributed by atoms with Crippen LogP contribution in [0, 0.1) is 11.3 Å². The van der Waals surface area contributed by atoms with E-state index in [9.17, 15) is 4.79 Å². The van der Waals surface area contributed by atoms with E-state index in [0.29, 0.717) is 19.1 Å². The summed E-state index contributed by atoms with van der Waals surface area (Å²) in [5.74, 6) is 0.518. The van der Waals surface area contributed by atoms with Gasteiger partial charge in [0, 0.05) is 22.9 Å². The number of nitrogens with zero attached hydrogens (tertiary/aromatic N) is 1. The van der Waals surface area contributed by atoms with E-state index in [-0.39, 0.29) is 17.4 Å². The molecule has 1 N–H and O–H groups in total. The number of benzene rings is 1. The molecule has 2 atom stereocenters. The zero-order chi connectivity index (χ0) is 15.9. The molecule has 2 fully saturated rings. The van der Waals surface area contributed by atoms with Crippen LogP contribution in [0.4, 0.5) is 0 Å². The molecule has 2 heterocycles. The lowest BCUT2D eigenvalue weighted by molar-refractivity contribution is -0.126. The number of hydrogen-bond donors (Lipinski definition) is 1. The smallest absolute Gasteiger partial charge is 0.226 e. The number of amides is 1. The summed E-state index contributed by atoms with van der Waals surface area (Å²) < 4.78 is 5.66. The fourth-order valence-corrected chi connectivity index (χ4v) is 3.33. The number of hydrogen-bond acceptors (Lipinski definition) is 3. The second-order valence-corrected chi connectivity index (χ2v) is 7.13. The molecule has 1 aliphatic heterocycles. The molecule has 4 nitrogen and oxygen atoms in total. The monoisotopic (exact) mass is 310 g/mol. The Balaban J connectivity index is 1.51. The lowest BCUT2D eigenvalue weighted by atomic mass is 9.92. The van der Waals surface area contributed by atoms with Gasteiger partial charge in [0.15, 0.2) is 0 Å². The number of fused-ring (bicyclic) bond motifs is 1. The highest BCUT2D eigenvalue weighted by molar-refractivity contribution is 5.85. The largest absolute Gasteiger partial charge is 0.379 e. The van der Waals surface area contributed by atoms with E-state index in [4.69, 9.17) is 4.74 Å². The molecule has 1 saturated carbocycles. The molecular formula is C19H22N2O2. The molecule has 0 spiro atoms. The first kappa shape index (κ1) is 14.6. The Bertz CT molecular complexity index is 734. The van der Waals surface area contributed by atoms with Crippen LogP contribution >= 0.6 is 0 Å². The number of ether oxygens (including phenoxy) is 1. The molecule has 0 radical (unpaired) electrons. The summed E-state index contributed by atoms with van der Waals surface area (Å²) in [4.78, 5) is 16.7. The SMILES string of the molecule is CC1(C(=O)N[C@@H]2COC[C@H]2Cc2ccnc3ccccc23)CC1. The quantitative estimate of drug-likeness (QED) is 0.944. The lowest BCUT2D eigenvalue weighted by Crippen LogP contribution is -2.43. The van der Waals surface area contributed by atoms with Gasteiger partial charge in [-0.25, -0.2) is 0 Å². The first-order valence-corrected chi connectivity index (χ1v) is 8.37. The van der Waals surface area contributed by atoms with E-state index in [0.717, 1.165) is 24.8 Å². The zero-order valence-corrected chi connectivity index (χ0v) is 13.4. The molecule has 23 heavy (non-hydrogen) atoms. The van der Waals surface area contributed by atoms with Crippen molar-refractivity contribution in [2.45, 2.75) is 32.2 Å². The Morgan fingerprint density at radius 1 is 1.30 bits per heavy atom. The van der Waals surface area contributed by atoms with E-state index < -0.39 is 0 Å². The van der Waals surface area contributed by atoms with E-state index in [1.807, 2.05) is 31.3 Å². The number of carbonyl (C=O) groups excluding carboxylic acids is 1. The van der Waals surface area contributed by atoms with Gasteiger partial charge in [0.05, 0.1) is 24.8 Å². The predicted molar refractivity (Wildman–Crippen MR) is 89.0 cm³/mol. The van der Waals surface area contributed by atoms with Crippen molar-refractivity contribution in [3.63, 3.8) is 0 Å². The Morgan fingerprint density at radius 2 is 2.13 bits per heavy atom. The number of aromatic nitrogens is 1. The molecule has 1 aliphatic carbocycles. The van der Waals surface area contributed by atoms with Crippen molar-refractivity contribution in [3.8, 4) is 0 Å². The van der Waals surface area contributed by atoms with Crippen LogP contribution < -0.4 is 5.32 Å². The summed E-state index contributed by atoms with van der Waals surface area (Å²) in [6.45, 7) is 3.37. The maximum Gasteiger partial charge on any atom is 0.226 e. The zero-order valence-electron chi connectivity index (χ0n) is 13.4. The Morgan fingerprint density at radius 3 is 2.96 bits per heavy atom. The topological polar surface area (TPSA) is 51.2 Å². The minimum absolute atomic E-state index is 0.117. The molecule has 0 bridgehead atoms. The second-order valence-electron chi connectivity index (χ2n) is 7.13. The van der Waals surface area contributed by atoms with Gasteiger partial charge in [0.2, 0.25) is 5.91 Å². The summed E-state index contributed by atoms with van der Waals surface area (Å²) >= 11 is 0. The molecule has 4 rings (SSSR count). The number of carbonyl (C=O) groups is 1. The Kier molecular flexibility index (Phi) is 3.57. The molecule has 1 saturated heterocycles. The maximum absolute atomic E-state index is 12.3. The van der Waals surface area contributed by atoms with Crippen LogP contribution in [-0.2, 0) is 16.0 Å². The van der Waals surface area contributed by atoms with Crippen molar-refractivity contribution < 1.29 is 9.53 Å². The van der Waals surface area contributed by atoms with Crippen LogP contribution in [0.3, 0.4) is 0 Å². The van der Waals surface area contributed by atoms with Crippen LogP contribution in [-0.4, -0.2) is 30.1 Å². The van der Waals surface area contributed by atoms with Crippen molar-refractivity contribution in [2.75, 3.05) is 13.2 Å². The average molecular weight is 310 g/mol. The predicted octanol–water partition coefficient (Wildman–Crippen LogP) is 2.71. The van der Waals surface area contributed by atoms with Gasteiger partial charge in [0.1, 0.15) is 0 Å². The number of nitrogens with one attached hydrogen (secondary N) is 1. The van der Waals surface area contributed by atoms with Gasteiger partial charge in [-0.15, -0.1) is 0 Å². The van der Waals surface area contributed by atoms with Crippen LogP contribution in [0.25, 0.3) is 10.9 Å². The van der Waals surface area contributed by atoms with Crippen molar-refractivity contribution in [2.24, 2.45) is 11.3 Å². The molecule has 120 valence electrons. The minimum atomic E-state index is -0.128. The molecule has 2 aliphatic rings. The average Bonchev–Trinajstić information content (AvgIpc) is 3.18. The third kappa shape index (κ3) is 2.83. The van der Waals surface area contributed by atoms with Crippen molar-refractivity contribution in [1.29, 1.82) is 0 Å². The number of pyridine rings is 1. The summed E-state index contributed by atoms with van der Waals surface area (Å²) in [6, 6.07) is 10.4. The maximum atomic E-state index is 12.3. The molecular weight excluding hydrogens is 288 g/mol. The highest BCUT2D eigenvalue weighted by Gasteiger charge is 2.46. The van der Waals surface area contributed by atoms with E-state index in [1.165, 1.54) is 10.9 Å². The normalized spacial score (nSPS) is 25.4. The van der Waals surface area contributed by atoms with Crippen LogP contribution in [0.15, 0.2) is 36.5 Å². The molecule has 1 amide bonds. The first-order valence-electron chi connectivity index (χ1n) is 8.37. The minimum Gasteiger partial charge on any atom is -0.379 e. The van der Waals surface area contributed by atoms with Crippen LogP contribution in [0.5, 0.6) is 0 Å². The van der Waals surface area contributed by atoms with Gasteiger partial charge in [0.25, 0.3) is 0 Å². The van der Waals surface area contributed by atoms with Gasteiger partial charge in [-0.1, -0.05) is 25.1 Å². The second kappa shape index (κ2) is 5.60. The van der Waals surface area contributed by atoms with E-state index in [2.05, 4.69) is 22.4 Å². The van der Waals surface area contributed by atoms with Crippen LogP contribution in [0.1, 0.15) is 25.3 Å². The summed E-state index contributed by atoms with van der Waals surface area (Å²) in [5, 5.41) is 4.42. The van der Waals surface area contributed by atoms with E-state index in [1.54, 1.807) is 0 Å². The van der Waals surface area contributed by atoms with E-state index >= 15 is 0 Å². The summed E-state index contributed by atoms with van der Waals surface area (Å²) in [7, 11) is 0. The highest BCUT2D eigenvalue weighted by atomic mass is 16.5. The number of rotatable bonds is 4. The summed E-state index contributed by atoms with van der Waals surface area (Å²) in [6.07, 6.45) is 4.79. The molecule has 2 aromatic rings. The number of para-hydroxylation sites is 1. The molecule has 4 heteroatoms. The van der Waals surface area contributed by atoms with Gasteiger partial charge < -0.3 is 10.1 Å². The highest BCUT2D eigenvalue weighted by Crippen LogP contribution is 2.45. The van der Waals surface area contributed by atoms with Crippen molar-refractivity contribution in [3.05, 3.63) is 42.1 Å². The molecule has 0 unspecified atom stereocenters. The van der Waals surface area contributed by atoms with Crippen molar-refractivity contribution >= 4 is 16.8 Å². The molecule has 1 aromatic heterocycles. The van der Waals surface area contributed by atoms with Gasteiger partial charge >= 0.3 is 0 Å². The Hall–Kier alpha value is -1.94. The molecule has 1 aromatic carbocycles. The lowest BCUT2D eigenvalue weighted by Gasteiger charge is -2.21. The summed E-state index contributed by atoms with van der Waals surface area (Å²) in [5.41, 5.74) is 2.18. The van der Waals surface area contributed by atoms with Crippen molar-refractivity contribution in [1.82, 2.24) is 10.3 Å². The van der Waals surface area contributed by atoms with Gasteiger partial charge in [-0.2, -0.15) is 0 Å². The Labute approximate surface area is 136 Å². The fourth-order valence-electron chi connectivity index (χ4n) is 3.33. The van der Waals surface area contributed by atoms with Gasteiger partial charge in [-0.3, -0.25) is 9.78 Å². The third-order valence-electron chi connectivity index (χ3n) is 5.28. The fraction of sp³-hybridized carbons (Fsp3) is 0.474. The third-order valence-corrected chi connectivity index (χ3v) is 5.28. The standard InChI is InChI=1S/C19H22N2O2/c1-19(7-8-19)18(22)21-17-12-23-11-14(17)10-13-6-9-20-16-5-3-2-4-15(13)16/h2-6,9,14,17H,7-8,10-12H2,1H3,(H,21,22)/t14-,17-/m1/s1. The van der Waals surface area contributed by atoms with Gasteiger partial charge in [-0.05, 0) is 37.0 Å².